The molecule has 1 fully saturated rings. The monoisotopic (exact) mass is 131 g/mol. The summed E-state index contributed by atoms with van der Waals surface area (Å²) < 4.78 is 3.86. The van der Waals surface area contributed by atoms with E-state index >= 15 is 0 Å². The summed E-state index contributed by atoms with van der Waals surface area (Å²) in [6, 6.07) is 0. The normalized spacial score (nSPS) is 15.7. The minimum absolute atomic E-state index is 0.375. The summed E-state index contributed by atoms with van der Waals surface area (Å²) in [5.74, 6) is 0. The van der Waals surface area contributed by atoms with Gasteiger partial charge in [0.05, 0.1) is 7.11 Å². The number of hydrogen-bond donors (Lipinski definition) is 1. The van der Waals surface area contributed by atoms with Crippen LogP contribution in [0.2, 0.25) is 0 Å². The van der Waals surface area contributed by atoms with Gasteiger partial charge in [-0.15, -0.1) is 0 Å². The third-order valence-electron chi connectivity index (χ3n) is 1.05. The second kappa shape index (κ2) is 7.43. The van der Waals surface area contributed by atoms with Crippen LogP contribution in [0, 0.1) is 0 Å². The highest BCUT2D eigenvalue weighted by Crippen LogP contribution is 1.90. The van der Waals surface area contributed by atoms with Gasteiger partial charge in [0.15, 0.2) is 0 Å². The van der Waals surface area contributed by atoms with E-state index in [0.717, 1.165) is 0 Å². The van der Waals surface area contributed by atoms with Crippen molar-refractivity contribution < 1.29 is 9.53 Å². The molecular formula is C6H13NO2. The van der Waals surface area contributed by atoms with Gasteiger partial charge >= 0.3 is 0 Å². The number of hydrogen-bond acceptors (Lipinski definition) is 3. The van der Waals surface area contributed by atoms with Crippen molar-refractivity contribution in [2.45, 2.75) is 12.8 Å². The van der Waals surface area contributed by atoms with Gasteiger partial charge in [0, 0.05) is 0 Å². The van der Waals surface area contributed by atoms with Gasteiger partial charge in [0.1, 0.15) is 0 Å². The smallest absolute Gasteiger partial charge is 0.292 e. The number of ether oxygens (including phenoxy) is 1. The number of rotatable bonds is 1. The topological polar surface area (TPSA) is 38.3 Å². The van der Waals surface area contributed by atoms with Crippen molar-refractivity contribution in [3.8, 4) is 0 Å². The Morgan fingerprint density at radius 2 is 1.89 bits per heavy atom. The quantitative estimate of drug-likeness (QED) is 0.515. The summed E-state index contributed by atoms with van der Waals surface area (Å²) in [5, 5.41) is 3.22. The second-order valence-electron chi connectivity index (χ2n) is 1.79. The summed E-state index contributed by atoms with van der Waals surface area (Å²) in [6.45, 7) is 2.88. The van der Waals surface area contributed by atoms with Gasteiger partial charge in [-0.05, 0) is 25.9 Å². The molecule has 3 heteroatoms. The van der Waals surface area contributed by atoms with Crippen molar-refractivity contribution in [2.24, 2.45) is 0 Å². The van der Waals surface area contributed by atoms with Gasteiger partial charge in [-0.25, -0.2) is 0 Å². The first-order chi connectivity index (χ1) is 4.41. The van der Waals surface area contributed by atoms with Crippen molar-refractivity contribution in [1.82, 2.24) is 5.32 Å². The Morgan fingerprint density at radius 3 is 2.00 bits per heavy atom. The van der Waals surface area contributed by atoms with Crippen LogP contribution in [0.3, 0.4) is 0 Å². The fraction of sp³-hybridized carbons (Fsp3) is 0.833. The van der Waals surface area contributed by atoms with E-state index in [4.69, 9.17) is 4.79 Å². The molecule has 0 bridgehead atoms. The first-order valence-corrected chi connectivity index (χ1v) is 3.09. The molecule has 0 atom stereocenters. The summed E-state index contributed by atoms with van der Waals surface area (Å²) in [5.41, 5.74) is 0. The van der Waals surface area contributed by atoms with Gasteiger partial charge in [0.2, 0.25) is 0 Å². The summed E-state index contributed by atoms with van der Waals surface area (Å²) in [6.07, 6.45) is 2.78. The highest BCUT2D eigenvalue weighted by molar-refractivity contribution is 5.36. The minimum atomic E-state index is 0.375. The Morgan fingerprint density at radius 1 is 1.44 bits per heavy atom. The zero-order chi connectivity index (χ0) is 6.95. The Hall–Kier alpha value is -0.570. The molecule has 54 valence electrons. The van der Waals surface area contributed by atoms with Crippen LogP contribution >= 0.6 is 0 Å². The molecule has 3 nitrogen and oxygen atoms in total. The zero-order valence-electron chi connectivity index (χ0n) is 5.72. The maximum Gasteiger partial charge on any atom is 0.292 e. The van der Waals surface area contributed by atoms with E-state index in [9.17, 15) is 0 Å². The van der Waals surface area contributed by atoms with Crippen LogP contribution in [0.25, 0.3) is 0 Å². The van der Waals surface area contributed by atoms with Gasteiger partial charge < -0.3 is 10.1 Å². The molecule has 0 aliphatic carbocycles. The maximum absolute atomic E-state index is 8.95. The van der Waals surface area contributed by atoms with Crippen LogP contribution in [-0.4, -0.2) is 26.7 Å². The molecule has 0 radical (unpaired) electrons. The van der Waals surface area contributed by atoms with Crippen LogP contribution in [0.4, 0.5) is 0 Å². The van der Waals surface area contributed by atoms with Crippen LogP contribution in [0.5, 0.6) is 0 Å². The predicted molar refractivity (Wildman–Crippen MR) is 35.2 cm³/mol. The third-order valence-corrected chi connectivity index (χ3v) is 1.05. The molecule has 9 heavy (non-hydrogen) atoms. The SMILES string of the molecule is C1CCNC1.COC=O. The molecule has 1 saturated heterocycles. The van der Waals surface area contributed by atoms with Gasteiger partial charge in [-0.1, -0.05) is 0 Å². The van der Waals surface area contributed by atoms with Gasteiger partial charge in [0.25, 0.3) is 6.47 Å². The predicted octanol–water partition coefficient (Wildman–Crippen LogP) is 0.159. The first kappa shape index (κ1) is 8.43. The van der Waals surface area contributed by atoms with E-state index in [1.54, 1.807) is 0 Å². The van der Waals surface area contributed by atoms with Gasteiger partial charge in [-0.3, -0.25) is 4.79 Å². The lowest BCUT2D eigenvalue weighted by molar-refractivity contribution is -0.126. The molecule has 0 unspecified atom stereocenters. The van der Waals surface area contributed by atoms with Crippen LogP contribution < -0.4 is 5.32 Å². The fourth-order valence-electron chi connectivity index (χ4n) is 0.625. The molecule has 0 amide bonds. The van der Waals surface area contributed by atoms with Crippen molar-refractivity contribution >= 4 is 6.47 Å². The van der Waals surface area contributed by atoms with Crippen LogP contribution in [0.15, 0.2) is 0 Å². The molecular weight excluding hydrogens is 118 g/mol. The van der Waals surface area contributed by atoms with E-state index in [2.05, 4.69) is 10.1 Å². The Bertz CT molecular complexity index is 54.5. The van der Waals surface area contributed by atoms with Crippen molar-refractivity contribution in [2.75, 3.05) is 20.2 Å². The van der Waals surface area contributed by atoms with Crippen molar-refractivity contribution in [1.29, 1.82) is 0 Å². The molecule has 0 aromatic carbocycles. The van der Waals surface area contributed by atoms with E-state index in [-0.39, 0.29) is 0 Å². The van der Waals surface area contributed by atoms with Gasteiger partial charge in [-0.2, -0.15) is 0 Å². The molecule has 1 aliphatic rings. The lowest BCUT2D eigenvalue weighted by Crippen LogP contribution is -2.03. The van der Waals surface area contributed by atoms with Crippen molar-refractivity contribution in [3.63, 3.8) is 0 Å². The summed E-state index contributed by atoms with van der Waals surface area (Å²) in [7, 11) is 1.31. The molecule has 1 heterocycles. The Labute approximate surface area is 55.4 Å². The largest absolute Gasteiger partial charge is 0.471 e. The van der Waals surface area contributed by atoms with Crippen LogP contribution in [0.1, 0.15) is 12.8 Å². The van der Waals surface area contributed by atoms with E-state index in [0.29, 0.717) is 6.47 Å². The molecule has 0 spiro atoms. The zero-order valence-corrected chi connectivity index (χ0v) is 5.72. The molecule has 0 aromatic rings. The standard InChI is InChI=1S/C4H9N.C2H4O2/c1-2-4-5-3-1;1-4-2-3/h5H,1-4H2;2H,1H3. The lowest BCUT2D eigenvalue weighted by Gasteiger charge is -1.76. The third kappa shape index (κ3) is 7.43. The average molecular weight is 131 g/mol. The number of methoxy groups -OCH3 is 1. The fourth-order valence-corrected chi connectivity index (χ4v) is 0.625. The first-order valence-electron chi connectivity index (χ1n) is 3.09. The Balaban J connectivity index is 0.000000148. The minimum Gasteiger partial charge on any atom is -0.471 e. The highest BCUT2D eigenvalue weighted by Gasteiger charge is 1.93. The van der Waals surface area contributed by atoms with E-state index < -0.39 is 0 Å². The lowest BCUT2D eigenvalue weighted by atomic mass is 10.4. The molecule has 1 aliphatic heterocycles. The number of carbonyl (C=O) groups excluding carboxylic acids is 1. The van der Waals surface area contributed by atoms with E-state index in [1.165, 1.54) is 33.0 Å². The molecule has 0 saturated carbocycles. The molecule has 1 N–H and O–H groups in total. The molecule has 0 aromatic heterocycles. The Kier molecular flexibility index (Phi) is 6.96. The van der Waals surface area contributed by atoms with Crippen molar-refractivity contribution in [3.05, 3.63) is 0 Å². The molecule has 1 rings (SSSR count). The average Bonchev–Trinajstić information content (AvgIpc) is 2.43. The number of carbonyl (C=O) groups is 1. The van der Waals surface area contributed by atoms with E-state index in [1.807, 2.05) is 0 Å². The second-order valence-corrected chi connectivity index (χ2v) is 1.79. The summed E-state index contributed by atoms with van der Waals surface area (Å²) in [4.78, 5) is 8.95. The summed E-state index contributed by atoms with van der Waals surface area (Å²) >= 11 is 0. The van der Waals surface area contributed by atoms with Crippen LogP contribution in [-0.2, 0) is 9.53 Å². The number of nitrogens with one attached hydrogen (secondary N) is 1. The highest BCUT2D eigenvalue weighted by atomic mass is 16.5. The maximum atomic E-state index is 8.95.